The molecule has 1 aromatic rings. The number of amides is 1. The first kappa shape index (κ1) is 11.1. The lowest BCUT2D eigenvalue weighted by Crippen LogP contribution is -2.40. The third kappa shape index (κ3) is 2.25. The summed E-state index contributed by atoms with van der Waals surface area (Å²) in [7, 11) is 0. The van der Waals surface area contributed by atoms with Crippen LogP contribution < -0.4 is 0 Å². The van der Waals surface area contributed by atoms with Gasteiger partial charge in [0.1, 0.15) is 0 Å². The van der Waals surface area contributed by atoms with Gasteiger partial charge in [-0.3, -0.25) is 9.59 Å². The molecule has 2 rings (SSSR count). The van der Waals surface area contributed by atoms with Crippen LogP contribution in [0, 0.1) is 0 Å². The van der Waals surface area contributed by atoms with Crippen molar-refractivity contribution in [3.63, 3.8) is 0 Å². The summed E-state index contributed by atoms with van der Waals surface area (Å²) in [6.07, 6.45) is 1.12. The second kappa shape index (κ2) is 4.66. The first-order valence-corrected chi connectivity index (χ1v) is 5.62. The summed E-state index contributed by atoms with van der Waals surface area (Å²) in [5, 5.41) is 0.633. The first-order valence-electron chi connectivity index (χ1n) is 5.24. The molecule has 0 aromatic heterocycles. The van der Waals surface area contributed by atoms with Crippen molar-refractivity contribution in [2.45, 2.75) is 19.4 Å². The fourth-order valence-corrected chi connectivity index (χ4v) is 1.99. The van der Waals surface area contributed by atoms with Crippen LogP contribution >= 0.6 is 11.6 Å². The number of hydrogen-bond acceptors (Lipinski definition) is 2. The van der Waals surface area contributed by atoms with E-state index in [0.717, 1.165) is 12.0 Å². The molecule has 0 N–H and O–H groups in total. The van der Waals surface area contributed by atoms with Crippen molar-refractivity contribution in [1.82, 2.24) is 4.90 Å². The van der Waals surface area contributed by atoms with Gasteiger partial charge in [-0.25, -0.2) is 0 Å². The van der Waals surface area contributed by atoms with E-state index < -0.39 is 0 Å². The molecule has 1 amide bonds. The fraction of sp³-hybridized carbons (Fsp3) is 0.333. The van der Waals surface area contributed by atoms with E-state index >= 15 is 0 Å². The van der Waals surface area contributed by atoms with Crippen LogP contribution in [0.2, 0.25) is 5.02 Å². The molecule has 16 heavy (non-hydrogen) atoms. The average Bonchev–Trinajstić information content (AvgIpc) is 2.28. The van der Waals surface area contributed by atoms with Crippen molar-refractivity contribution in [2.75, 3.05) is 6.54 Å². The maximum Gasteiger partial charge on any atom is 0.290 e. The molecular formula is C12H12ClNO2. The zero-order valence-corrected chi connectivity index (χ0v) is 9.54. The van der Waals surface area contributed by atoms with Crippen molar-refractivity contribution in [3.05, 3.63) is 34.9 Å². The Morgan fingerprint density at radius 3 is 2.75 bits per heavy atom. The van der Waals surface area contributed by atoms with E-state index in [0.29, 0.717) is 24.5 Å². The molecule has 4 heteroatoms. The highest BCUT2D eigenvalue weighted by molar-refractivity contribution is 6.36. The molecule has 0 aliphatic carbocycles. The summed E-state index contributed by atoms with van der Waals surface area (Å²) >= 11 is 6.00. The Balaban J connectivity index is 2.13. The highest BCUT2D eigenvalue weighted by atomic mass is 35.5. The molecule has 3 nitrogen and oxygen atoms in total. The number of halogens is 1. The maximum atomic E-state index is 11.6. The topological polar surface area (TPSA) is 37.4 Å². The number of piperidine rings is 1. The number of Topliss-reactive ketones (excluding diaryl/α,β-unsaturated/α-hetero) is 1. The Bertz CT molecular complexity index is 431. The minimum absolute atomic E-state index is 0.293. The van der Waals surface area contributed by atoms with E-state index in [1.807, 2.05) is 18.2 Å². The van der Waals surface area contributed by atoms with Crippen LogP contribution in [0.25, 0.3) is 0 Å². The summed E-state index contributed by atoms with van der Waals surface area (Å²) in [5.74, 6) is -0.676. The molecule has 0 bridgehead atoms. The number of ketones is 1. The van der Waals surface area contributed by atoms with Gasteiger partial charge >= 0.3 is 0 Å². The Kier molecular flexibility index (Phi) is 3.25. The van der Waals surface area contributed by atoms with E-state index in [2.05, 4.69) is 0 Å². The van der Waals surface area contributed by atoms with Gasteiger partial charge in [0.05, 0.1) is 0 Å². The largest absolute Gasteiger partial charge is 0.332 e. The third-order valence-electron chi connectivity index (χ3n) is 2.68. The van der Waals surface area contributed by atoms with Crippen molar-refractivity contribution in [3.8, 4) is 0 Å². The predicted molar refractivity (Wildman–Crippen MR) is 61.1 cm³/mol. The quantitative estimate of drug-likeness (QED) is 0.738. The first-order chi connectivity index (χ1) is 7.68. The number of likely N-dealkylation sites (tertiary alicyclic amines) is 1. The Morgan fingerprint density at radius 1 is 1.25 bits per heavy atom. The van der Waals surface area contributed by atoms with Gasteiger partial charge in [-0.1, -0.05) is 29.8 Å². The van der Waals surface area contributed by atoms with Gasteiger partial charge in [-0.2, -0.15) is 0 Å². The number of rotatable bonds is 2. The molecule has 84 valence electrons. The molecule has 0 atom stereocenters. The number of benzene rings is 1. The predicted octanol–water partition coefficient (Wildman–Crippen LogP) is 2.03. The van der Waals surface area contributed by atoms with Crippen molar-refractivity contribution >= 4 is 23.3 Å². The van der Waals surface area contributed by atoms with E-state index in [-0.39, 0.29) is 11.7 Å². The Morgan fingerprint density at radius 2 is 2.00 bits per heavy atom. The molecule has 0 radical (unpaired) electrons. The van der Waals surface area contributed by atoms with Crippen LogP contribution in [0.5, 0.6) is 0 Å². The van der Waals surface area contributed by atoms with E-state index in [4.69, 9.17) is 11.6 Å². The van der Waals surface area contributed by atoms with Gasteiger partial charge in [0, 0.05) is 24.5 Å². The molecule has 1 aliphatic heterocycles. The maximum absolute atomic E-state index is 11.6. The molecule has 1 aromatic carbocycles. The molecule has 1 fully saturated rings. The Hall–Kier alpha value is -1.35. The molecular weight excluding hydrogens is 226 g/mol. The van der Waals surface area contributed by atoms with E-state index in [1.165, 1.54) is 0 Å². The normalized spacial score (nSPS) is 16.7. The number of hydrogen-bond donors (Lipinski definition) is 0. The van der Waals surface area contributed by atoms with Crippen LogP contribution in [-0.2, 0) is 16.1 Å². The molecule has 0 spiro atoms. The highest BCUT2D eigenvalue weighted by Crippen LogP contribution is 2.19. The standard InChI is InChI=1S/C12H12ClNO2/c13-10-5-2-1-4-9(10)8-14-7-3-6-11(15)12(14)16/h1-2,4-5H,3,6-8H2. The Labute approximate surface area is 99.0 Å². The van der Waals surface area contributed by atoms with Crippen molar-refractivity contribution in [2.24, 2.45) is 0 Å². The van der Waals surface area contributed by atoms with Gasteiger partial charge < -0.3 is 4.90 Å². The van der Waals surface area contributed by atoms with Crippen molar-refractivity contribution in [1.29, 1.82) is 0 Å². The van der Waals surface area contributed by atoms with Gasteiger partial charge in [0.25, 0.3) is 5.91 Å². The molecule has 1 saturated heterocycles. The molecule has 0 saturated carbocycles. The summed E-state index contributed by atoms with van der Waals surface area (Å²) in [5.41, 5.74) is 0.882. The van der Waals surface area contributed by atoms with Gasteiger partial charge in [-0.05, 0) is 18.1 Å². The SMILES string of the molecule is O=C1CCCN(Cc2ccccc2Cl)C1=O. The number of carbonyl (C=O) groups is 2. The third-order valence-corrected chi connectivity index (χ3v) is 3.05. The second-order valence-electron chi connectivity index (χ2n) is 3.84. The van der Waals surface area contributed by atoms with E-state index in [9.17, 15) is 9.59 Å². The lowest BCUT2D eigenvalue weighted by Gasteiger charge is -2.25. The van der Waals surface area contributed by atoms with Crippen LogP contribution in [0.3, 0.4) is 0 Å². The molecule has 1 heterocycles. The van der Waals surface area contributed by atoms with Crippen molar-refractivity contribution < 1.29 is 9.59 Å². The smallest absolute Gasteiger partial charge is 0.290 e. The van der Waals surface area contributed by atoms with Crippen LogP contribution in [-0.4, -0.2) is 23.1 Å². The molecule has 1 aliphatic rings. The second-order valence-corrected chi connectivity index (χ2v) is 4.25. The van der Waals surface area contributed by atoms with E-state index in [1.54, 1.807) is 11.0 Å². The fourth-order valence-electron chi connectivity index (χ4n) is 1.80. The summed E-state index contributed by atoms with van der Waals surface area (Å²) in [4.78, 5) is 24.4. The minimum Gasteiger partial charge on any atom is -0.332 e. The summed E-state index contributed by atoms with van der Waals surface area (Å²) in [6, 6.07) is 7.37. The lowest BCUT2D eigenvalue weighted by atomic mass is 10.1. The molecule has 0 unspecified atom stereocenters. The zero-order valence-electron chi connectivity index (χ0n) is 8.78. The highest BCUT2D eigenvalue weighted by Gasteiger charge is 2.26. The van der Waals surface area contributed by atoms with Gasteiger partial charge in [0.15, 0.2) is 0 Å². The number of nitrogens with zero attached hydrogens (tertiary/aromatic N) is 1. The zero-order chi connectivity index (χ0) is 11.5. The monoisotopic (exact) mass is 237 g/mol. The number of carbonyl (C=O) groups excluding carboxylic acids is 2. The summed E-state index contributed by atoms with van der Waals surface area (Å²) in [6.45, 7) is 1.06. The minimum atomic E-state index is -0.383. The van der Waals surface area contributed by atoms with Crippen LogP contribution in [0.15, 0.2) is 24.3 Å². The summed E-state index contributed by atoms with van der Waals surface area (Å²) < 4.78 is 0. The van der Waals surface area contributed by atoms with Gasteiger partial charge in [-0.15, -0.1) is 0 Å². The lowest BCUT2D eigenvalue weighted by molar-refractivity contribution is -0.147. The van der Waals surface area contributed by atoms with Crippen LogP contribution in [0.4, 0.5) is 0 Å². The van der Waals surface area contributed by atoms with Crippen LogP contribution in [0.1, 0.15) is 18.4 Å². The van der Waals surface area contributed by atoms with Gasteiger partial charge in [0.2, 0.25) is 5.78 Å². The average molecular weight is 238 g/mol.